The lowest BCUT2D eigenvalue weighted by Crippen LogP contribution is -2.00. The van der Waals surface area contributed by atoms with E-state index in [0.29, 0.717) is 0 Å². The molecule has 1 nitrogen and oxygen atoms in total. The standard InChI is InChI=1S/C18H22ClN/c1-14-9-15(2)11-17(10-14)13-20-18-7-3-5-16(12-18)6-4-8-19/h3,5,7,9-12,20H,4,6,8,13H2,1-2H3. The Morgan fingerprint density at radius 3 is 2.40 bits per heavy atom. The number of nitrogens with one attached hydrogen (secondary N) is 1. The van der Waals surface area contributed by atoms with Gasteiger partial charge in [-0.25, -0.2) is 0 Å². The van der Waals surface area contributed by atoms with Crippen LogP contribution in [0.15, 0.2) is 42.5 Å². The van der Waals surface area contributed by atoms with E-state index >= 15 is 0 Å². The maximum Gasteiger partial charge on any atom is 0.0400 e. The van der Waals surface area contributed by atoms with Crippen molar-refractivity contribution in [3.05, 3.63) is 64.7 Å². The van der Waals surface area contributed by atoms with Crippen molar-refractivity contribution in [3.63, 3.8) is 0 Å². The summed E-state index contributed by atoms with van der Waals surface area (Å²) in [6, 6.07) is 15.3. The Morgan fingerprint density at radius 2 is 1.70 bits per heavy atom. The van der Waals surface area contributed by atoms with Gasteiger partial charge in [0.15, 0.2) is 0 Å². The van der Waals surface area contributed by atoms with Gasteiger partial charge in [0.25, 0.3) is 0 Å². The smallest absolute Gasteiger partial charge is 0.0400 e. The summed E-state index contributed by atoms with van der Waals surface area (Å²) in [5, 5.41) is 3.50. The quantitative estimate of drug-likeness (QED) is 0.730. The molecule has 0 aliphatic rings. The molecule has 0 fully saturated rings. The molecule has 0 saturated heterocycles. The number of hydrogen-bond acceptors (Lipinski definition) is 1. The van der Waals surface area contributed by atoms with E-state index in [1.807, 2.05) is 0 Å². The van der Waals surface area contributed by atoms with Crippen LogP contribution >= 0.6 is 11.6 Å². The van der Waals surface area contributed by atoms with Gasteiger partial charge in [-0.3, -0.25) is 0 Å². The molecule has 2 heteroatoms. The van der Waals surface area contributed by atoms with Crippen molar-refractivity contribution in [1.29, 1.82) is 0 Å². The summed E-state index contributed by atoms with van der Waals surface area (Å²) in [5.41, 5.74) is 6.48. The number of benzene rings is 2. The van der Waals surface area contributed by atoms with E-state index in [0.717, 1.165) is 25.3 Å². The lowest BCUT2D eigenvalue weighted by Gasteiger charge is -2.10. The minimum absolute atomic E-state index is 0.722. The van der Waals surface area contributed by atoms with Crippen molar-refractivity contribution in [3.8, 4) is 0 Å². The maximum absolute atomic E-state index is 5.75. The first kappa shape index (κ1) is 14.9. The van der Waals surface area contributed by atoms with Crippen LogP contribution in [0.3, 0.4) is 0 Å². The lowest BCUT2D eigenvalue weighted by atomic mass is 10.1. The minimum Gasteiger partial charge on any atom is -0.381 e. The van der Waals surface area contributed by atoms with Crippen molar-refractivity contribution in [2.24, 2.45) is 0 Å². The van der Waals surface area contributed by atoms with E-state index in [9.17, 15) is 0 Å². The number of hydrogen-bond donors (Lipinski definition) is 1. The predicted octanol–water partition coefficient (Wildman–Crippen LogP) is 5.09. The van der Waals surface area contributed by atoms with Gasteiger partial charge in [-0.2, -0.15) is 0 Å². The number of rotatable bonds is 6. The van der Waals surface area contributed by atoms with Crippen molar-refractivity contribution >= 4 is 17.3 Å². The van der Waals surface area contributed by atoms with Crippen LogP contribution in [0, 0.1) is 13.8 Å². The highest BCUT2D eigenvalue weighted by Gasteiger charge is 1.99. The molecular weight excluding hydrogens is 266 g/mol. The SMILES string of the molecule is Cc1cc(C)cc(CNc2cccc(CCCCl)c2)c1. The molecule has 0 aliphatic carbocycles. The van der Waals surface area contributed by atoms with Gasteiger partial charge in [-0.15, -0.1) is 11.6 Å². The normalized spacial score (nSPS) is 10.6. The molecule has 0 aromatic heterocycles. The van der Waals surface area contributed by atoms with E-state index in [1.165, 1.54) is 27.9 Å². The van der Waals surface area contributed by atoms with Crippen LogP contribution in [-0.2, 0) is 13.0 Å². The van der Waals surface area contributed by atoms with Crippen LogP contribution in [0.1, 0.15) is 28.7 Å². The van der Waals surface area contributed by atoms with Crippen LogP contribution in [0.25, 0.3) is 0 Å². The first-order valence-corrected chi connectivity index (χ1v) is 7.67. The molecule has 0 spiro atoms. The summed E-state index contributed by atoms with van der Waals surface area (Å²) >= 11 is 5.75. The fraction of sp³-hybridized carbons (Fsp3) is 0.333. The fourth-order valence-electron chi connectivity index (χ4n) is 2.48. The highest BCUT2D eigenvalue weighted by atomic mass is 35.5. The Balaban J connectivity index is 1.99. The monoisotopic (exact) mass is 287 g/mol. The first-order valence-electron chi connectivity index (χ1n) is 7.13. The predicted molar refractivity (Wildman–Crippen MR) is 88.7 cm³/mol. The minimum atomic E-state index is 0.722. The molecule has 1 N–H and O–H groups in total. The van der Waals surface area contributed by atoms with Crippen molar-refractivity contribution in [2.45, 2.75) is 33.2 Å². The Labute approximate surface area is 127 Å². The summed E-state index contributed by atoms with van der Waals surface area (Å²) in [5.74, 6) is 0.722. The average Bonchev–Trinajstić information content (AvgIpc) is 2.42. The van der Waals surface area contributed by atoms with Crippen LogP contribution in [0.5, 0.6) is 0 Å². The molecule has 2 rings (SSSR count). The van der Waals surface area contributed by atoms with E-state index in [2.05, 4.69) is 61.6 Å². The Hall–Kier alpha value is -1.47. The Kier molecular flexibility index (Phi) is 5.49. The molecule has 0 unspecified atom stereocenters. The van der Waals surface area contributed by atoms with Crippen LogP contribution in [-0.4, -0.2) is 5.88 Å². The highest BCUT2D eigenvalue weighted by molar-refractivity contribution is 6.17. The third-order valence-corrected chi connectivity index (χ3v) is 3.57. The zero-order valence-corrected chi connectivity index (χ0v) is 13.0. The summed E-state index contributed by atoms with van der Waals surface area (Å²) in [6.07, 6.45) is 2.07. The van der Waals surface area contributed by atoms with E-state index in [1.54, 1.807) is 0 Å². The number of anilines is 1. The third-order valence-electron chi connectivity index (χ3n) is 3.30. The molecule has 0 aliphatic heterocycles. The molecule has 2 aromatic rings. The van der Waals surface area contributed by atoms with Gasteiger partial charge >= 0.3 is 0 Å². The molecule has 0 radical (unpaired) electrons. The van der Waals surface area contributed by atoms with Crippen molar-refractivity contribution in [1.82, 2.24) is 0 Å². The zero-order valence-electron chi connectivity index (χ0n) is 12.2. The van der Waals surface area contributed by atoms with E-state index < -0.39 is 0 Å². The second-order valence-corrected chi connectivity index (χ2v) is 5.72. The number of halogens is 1. The molecular formula is C18H22ClN. The Morgan fingerprint density at radius 1 is 0.950 bits per heavy atom. The van der Waals surface area contributed by atoms with Gasteiger partial charge in [-0.05, 0) is 49.9 Å². The zero-order chi connectivity index (χ0) is 14.4. The second-order valence-electron chi connectivity index (χ2n) is 5.34. The van der Waals surface area contributed by atoms with Crippen LogP contribution in [0.2, 0.25) is 0 Å². The van der Waals surface area contributed by atoms with E-state index in [4.69, 9.17) is 11.6 Å². The molecule has 0 amide bonds. The molecule has 0 saturated carbocycles. The molecule has 0 atom stereocenters. The Bertz CT molecular complexity index is 543. The first-order chi connectivity index (χ1) is 9.67. The van der Waals surface area contributed by atoms with Crippen LogP contribution in [0.4, 0.5) is 5.69 Å². The number of aryl methyl sites for hydroxylation is 3. The van der Waals surface area contributed by atoms with Gasteiger partial charge in [0.05, 0.1) is 0 Å². The van der Waals surface area contributed by atoms with E-state index in [-0.39, 0.29) is 0 Å². The summed E-state index contributed by atoms with van der Waals surface area (Å²) in [7, 11) is 0. The fourth-order valence-corrected chi connectivity index (χ4v) is 2.62. The molecule has 0 heterocycles. The topological polar surface area (TPSA) is 12.0 Å². The maximum atomic E-state index is 5.75. The lowest BCUT2D eigenvalue weighted by molar-refractivity contribution is 0.928. The third kappa shape index (κ3) is 4.57. The molecule has 20 heavy (non-hydrogen) atoms. The number of alkyl halides is 1. The van der Waals surface area contributed by atoms with Crippen LogP contribution < -0.4 is 5.32 Å². The molecule has 2 aromatic carbocycles. The highest BCUT2D eigenvalue weighted by Crippen LogP contribution is 2.15. The molecule has 0 bridgehead atoms. The molecule has 106 valence electrons. The summed E-state index contributed by atoms with van der Waals surface area (Å²) in [4.78, 5) is 0. The van der Waals surface area contributed by atoms with Crippen molar-refractivity contribution in [2.75, 3.05) is 11.2 Å². The van der Waals surface area contributed by atoms with Crippen molar-refractivity contribution < 1.29 is 0 Å². The van der Waals surface area contributed by atoms with Gasteiger partial charge in [0.1, 0.15) is 0 Å². The van der Waals surface area contributed by atoms with Gasteiger partial charge in [0, 0.05) is 18.1 Å². The second kappa shape index (κ2) is 7.35. The van der Waals surface area contributed by atoms with Gasteiger partial charge in [-0.1, -0.05) is 41.5 Å². The largest absolute Gasteiger partial charge is 0.381 e. The van der Waals surface area contributed by atoms with Gasteiger partial charge < -0.3 is 5.32 Å². The van der Waals surface area contributed by atoms with Gasteiger partial charge in [0.2, 0.25) is 0 Å². The summed E-state index contributed by atoms with van der Waals surface area (Å²) in [6.45, 7) is 5.15. The average molecular weight is 288 g/mol. The summed E-state index contributed by atoms with van der Waals surface area (Å²) < 4.78 is 0.